The second-order valence-electron chi connectivity index (χ2n) is 3.99. The topological polar surface area (TPSA) is 57.2 Å². The Kier molecular flexibility index (Phi) is 3.34. The van der Waals surface area contributed by atoms with Crippen molar-refractivity contribution in [1.29, 1.82) is 0 Å². The second-order valence-corrected chi connectivity index (χ2v) is 3.99. The van der Waals surface area contributed by atoms with Crippen molar-refractivity contribution >= 4 is 16.9 Å². The fourth-order valence-corrected chi connectivity index (χ4v) is 2.13. The van der Waals surface area contributed by atoms with E-state index in [9.17, 15) is 9.18 Å². The number of aryl methyl sites for hydroxylation is 1. The van der Waals surface area contributed by atoms with Crippen LogP contribution in [0.3, 0.4) is 0 Å². The number of hydrogen-bond acceptors (Lipinski definition) is 3. The van der Waals surface area contributed by atoms with Crippen molar-refractivity contribution in [2.75, 3.05) is 7.11 Å². The minimum absolute atomic E-state index is 0.321. The van der Waals surface area contributed by atoms with Crippen LogP contribution in [0.25, 0.3) is 10.9 Å². The van der Waals surface area contributed by atoms with Gasteiger partial charge in [0.2, 0.25) is 0 Å². The van der Waals surface area contributed by atoms with E-state index in [0.717, 1.165) is 5.52 Å². The molecule has 1 atom stereocenters. The Bertz CT molecular complexity index is 592. The highest BCUT2D eigenvalue weighted by Crippen LogP contribution is 2.26. The lowest BCUT2D eigenvalue weighted by molar-refractivity contribution is -0.142. The van der Waals surface area contributed by atoms with Crippen LogP contribution in [0.2, 0.25) is 0 Å². The minimum Gasteiger partial charge on any atom is -0.468 e. The molecule has 0 spiro atoms. The number of carbonyl (C=O) groups excluding carboxylic acids is 1. The lowest BCUT2D eigenvalue weighted by Gasteiger charge is -2.12. The van der Waals surface area contributed by atoms with Crippen LogP contribution in [-0.2, 0) is 16.1 Å². The lowest BCUT2D eigenvalue weighted by Crippen LogP contribution is -2.25. The van der Waals surface area contributed by atoms with Crippen LogP contribution in [0.5, 0.6) is 0 Å². The Balaban J connectivity index is 2.64. The molecule has 18 heavy (non-hydrogen) atoms. The van der Waals surface area contributed by atoms with E-state index < -0.39 is 12.0 Å². The highest BCUT2D eigenvalue weighted by molar-refractivity contribution is 5.85. The van der Waals surface area contributed by atoms with E-state index in [1.165, 1.54) is 13.2 Å². The van der Waals surface area contributed by atoms with Crippen molar-refractivity contribution in [3.63, 3.8) is 0 Å². The third-order valence-corrected chi connectivity index (χ3v) is 3.01. The molecule has 4 nitrogen and oxygen atoms in total. The number of benzene rings is 1. The molecule has 1 heterocycles. The molecule has 1 aromatic carbocycles. The minimum atomic E-state index is -0.901. The summed E-state index contributed by atoms with van der Waals surface area (Å²) in [6, 6.07) is 5.53. The first-order valence-corrected chi connectivity index (χ1v) is 5.71. The van der Waals surface area contributed by atoms with Gasteiger partial charge in [0, 0.05) is 17.6 Å². The molecule has 0 fully saturated rings. The zero-order valence-corrected chi connectivity index (χ0v) is 10.3. The number of methoxy groups -OCH3 is 1. The molecule has 0 aliphatic rings. The van der Waals surface area contributed by atoms with Gasteiger partial charge in [0.25, 0.3) is 0 Å². The van der Waals surface area contributed by atoms with E-state index in [1.54, 1.807) is 18.2 Å². The maximum atomic E-state index is 13.7. The summed E-state index contributed by atoms with van der Waals surface area (Å²) in [5.74, 6) is -0.856. The molecule has 0 radical (unpaired) electrons. The van der Waals surface area contributed by atoms with Crippen molar-refractivity contribution in [2.45, 2.75) is 19.5 Å². The average Bonchev–Trinajstić information content (AvgIpc) is 2.76. The first-order chi connectivity index (χ1) is 8.60. The molecule has 0 amide bonds. The molecule has 0 aliphatic carbocycles. The van der Waals surface area contributed by atoms with E-state index in [0.29, 0.717) is 17.6 Å². The van der Waals surface area contributed by atoms with Crippen LogP contribution < -0.4 is 5.73 Å². The lowest BCUT2D eigenvalue weighted by atomic mass is 10.2. The summed E-state index contributed by atoms with van der Waals surface area (Å²) in [7, 11) is 1.28. The van der Waals surface area contributed by atoms with Crippen LogP contribution in [0, 0.1) is 5.82 Å². The molecule has 2 N–H and O–H groups in total. The normalized spacial score (nSPS) is 12.7. The Morgan fingerprint density at radius 1 is 1.56 bits per heavy atom. The van der Waals surface area contributed by atoms with Gasteiger partial charge in [-0.15, -0.1) is 0 Å². The van der Waals surface area contributed by atoms with Gasteiger partial charge in [0.1, 0.15) is 11.9 Å². The van der Waals surface area contributed by atoms with E-state index in [4.69, 9.17) is 5.73 Å². The number of carbonyl (C=O) groups is 1. The number of hydrogen-bond donors (Lipinski definition) is 1. The van der Waals surface area contributed by atoms with Crippen molar-refractivity contribution in [3.8, 4) is 0 Å². The predicted octanol–water partition coefficient (Wildman–Crippen LogP) is 1.97. The van der Waals surface area contributed by atoms with Crippen LogP contribution in [-0.4, -0.2) is 17.6 Å². The number of ether oxygens (including phenoxy) is 1. The second kappa shape index (κ2) is 4.78. The number of nitrogens with zero attached hydrogens (tertiary/aromatic N) is 1. The molecule has 0 aliphatic heterocycles. The van der Waals surface area contributed by atoms with Crippen molar-refractivity contribution in [1.82, 2.24) is 4.57 Å². The highest BCUT2D eigenvalue weighted by atomic mass is 19.1. The maximum absolute atomic E-state index is 13.7. The van der Waals surface area contributed by atoms with E-state index in [-0.39, 0.29) is 5.82 Å². The molecular formula is C13H15FN2O2. The molecule has 0 saturated carbocycles. The third kappa shape index (κ3) is 1.86. The fourth-order valence-electron chi connectivity index (χ4n) is 2.13. The number of aromatic nitrogens is 1. The van der Waals surface area contributed by atoms with Gasteiger partial charge < -0.3 is 15.0 Å². The Morgan fingerprint density at radius 3 is 2.89 bits per heavy atom. The van der Waals surface area contributed by atoms with Gasteiger partial charge in [-0.25, -0.2) is 9.18 Å². The molecule has 2 aromatic rings. The largest absolute Gasteiger partial charge is 0.468 e. The smallest absolute Gasteiger partial charge is 0.328 e. The number of nitrogens with two attached hydrogens (primary N) is 1. The summed E-state index contributed by atoms with van der Waals surface area (Å²) < 4.78 is 20.1. The number of rotatable bonds is 3. The standard InChI is InChI=1S/C13H15FN2O2/c1-3-16-10-6-4-5-9(14)8(10)7-11(16)12(15)13(17)18-2/h4-7,12H,3,15H2,1-2H3. The van der Waals surface area contributed by atoms with Gasteiger partial charge in [-0.1, -0.05) is 6.07 Å². The predicted molar refractivity (Wildman–Crippen MR) is 66.5 cm³/mol. The Morgan fingerprint density at radius 2 is 2.28 bits per heavy atom. The van der Waals surface area contributed by atoms with Gasteiger partial charge in [0.05, 0.1) is 12.6 Å². The van der Waals surface area contributed by atoms with Crippen molar-refractivity contribution in [3.05, 3.63) is 35.8 Å². The summed E-state index contributed by atoms with van der Waals surface area (Å²) in [6.07, 6.45) is 0. The third-order valence-electron chi connectivity index (χ3n) is 3.01. The summed E-state index contributed by atoms with van der Waals surface area (Å²) in [6.45, 7) is 2.52. The molecule has 96 valence electrons. The molecular weight excluding hydrogens is 235 g/mol. The average molecular weight is 250 g/mol. The first-order valence-electron chi connectivity index (χ1n) is 5.71. The van der Waals surface area contributed by atoms with Gasteiger partial charge in [-0.3, -0.25) is 0 Å². The monoisotopic (exact) mass is 250 g/mol. The van der Waals surface area contributed by atoms with Crippen LogP contribution in [0.15, 0.2) is 24.3 Å². The first kappa shape index (κ1) is 12.6. The van der Waals surface area contributed by atoms with Crippen LogP contribution in [0.4, 0.5) is 4.39 Å². The zero-order chi connectivity index (χ0) is 13.3. The number of fused-ring (bicyclic) bond motifs is 1. The molecule has 2 rings (SSSR count). The van der Waals surface area contributed by atoms with Gasteiger partial charge in [-0.05, 0) is 25.1 Å². The maximum Gasteiger partial charge on any atom is 0.328 e. The van der Waals surface area contributed by atoms with Crippen LogP contribution >= 0.6 is 0 Å². The fraction of sp³-hybridized carbons (Fsp3) is 0.308. The van der Waals surface area contributed by atoms with E-state index in [2.05, 4.69) is 4.74 Å². The molecule has 5 heteroatoms. The van der Waals surface area contributed by atoms with Gasteiger partial charge >= 0.3 is 5.97 Å². The van der Waals surface area contributed by atoms with E-state index in [1.807, 2.05) is 11.5 Å². The SMILES string of the molecule is CCn1c(C(N)C(=O)OC)cc2c(F)cccc21. The van der Waals surface area contributed by atoms with Crippen molar-refractivity contribution < 1.29 is 13.9 Å². The van der Waals surface area contributed by atoms with Gasteiger partial charge in [0.15, 0.2) is 0 Å². The van der Waals surface area contributed by atoms with Crippen LogP contribution in [0.1, 0.15) is 18.7 Å². The highest BCUT2D eigenvalue weighted by Gasteiger charge is 2.22. The molecule has 1 aromatic heterocycles. The summed E-state index contributed by atoms with van der Waals surface area (Å²) >= 11 is 0. The molecule has 0 saturated heterocycles. The number of esters is 1. The van der Waals surface area contributed by atoms with Crippen molar-refractivity contribution in [2.24, 2.45) is 5.73 Å². The van der Waals surface area contributed by atoms with Gasteiger partial charge in [-0.2, -0.15) is 0 Å². The summed E-state index contributed by atoms with van der Waals surface area (Å²) in [5.41, 5.74) is 7.11. The molecule has 1 unspecified atom stereocenters. The summed E-state index contributed by atoms with van der Waals surface area (Å²) in [5, 5.41) is 0.466. The number of halogens is 1. The Labute approximate surface area is 104 Å². The molecule has 0 bridgehead atoms. The Hall–Kier alpha value is -1.88. The zero-order valence-electron chi connectivity index (χ0n) is 10.3. The quantitative estimate of drug-likeness (QED) is 0.847. The summed E-state index contributed by atoms with van der Waals surface area (Å²) in [4.78, 5) is 11.5. The van der Waals surface area contributed by atoms with E-state index >= 15 is 0 Å².